The molecule has 2 rings (SSSR count). The van der Waals surface area contributed by atoms with Gasteiger partial charge in [-0.1, -0.05) is 36.0 Å². The van der Waals surface area contributed by atoms with Crippen LogP contribution in [0.5, 0.6) is 0 Å². The van der Waals surface area contributed by atoms with Crippen LogP contribution in [0.3, 0.4) is 0 Å². The molecule has 0 radical (unpaired) electrons. The molecule has 0 aliphatic heterocycles. The Balaban J connectivity index is 2.28. The molecular weight excluding hydrogens is 304 g/mol. The lowest BCUT2D eigenvalue weighted by Gasteiger charge is -2.08. The Morgan fingerprint density at radius 3 is 2.55 bits per heavy atom. The third-order valence-electron chi connectivity index (χ3n) is 2.96. The van der Waals surface area contributed by atoms with Crippen molar-refractivity contribution in [2.24, 2.45) is 5.73 Å². The number of carboxylic acid groups (broad SMARTS) is 1. The second-order valence-electron chi connectivity index (χ2n) is 4.62. The first-order valence-corrected chi connectivity index (χ1v) is 7.27. The molecule has 2 aromatic rings. The number of benzene rings is 2. The van der Waals surface area contributed by atoms with E-state index in [9.17, 15) is 14.9 Å². The summed E-state index contributed by atoms with van der Waals surface area (Å²) in [5.74, 6) is -1.13. The molecule has 0 fully saturated rings. The number of aliphatic carboxylic acids is 1. The van der Waals surface area contributed by atoms with E-state index in [0.717, 1.165) is 4.90 Å². The average molecular weight is 318 g/mol. The van der Waals surface area contributed by atoms with E-state index in [4.69, 9.17) is 10.8 Å². The number of nitrogens with zero attached hydrogens (tertiary/aromatic N) is 1. The minimum atomic E-state index is -1.13. The Kier molecular flexibility index (Phi) is 5.13. The zero-order valence-electron chi connectivity index (χ0n) is 11.5. The number of nitro groups is 1. The van der Waals surface area contributed by atoms with Crippen molar-refractivity contribution in [1.82, 2.24) is 0 Å². The van der Waals surface area contributed by atoms with E-state index in [1.165, 1.54) is 17.8 Å². The smallest absolute Gasteiger partial charge is 0.320 e. The van der Waals surface area contributed by atoms with Crippen LogP contribution in [-0.4, -0.2) is 22.0 Å². The molecule has 0 heterocycles. The molecule has 7 heteroatoms. The van der Waals surface area contributed by atoms with Gasteiger partial charge in [-0.25, -0.2) is 0 Å². The summed E-state index contributed by atoms with van der Waals surface area (Å²) < 4.78 is 0. The highest BCUT2D eigenvalue weighted by Gasteiger charge is 2.18. The maximum absolute atomic E-state index is 11.2. The van der Waals surface area contributed by atoms with Gasteiger partial charge in [0, 0.05) is 11.0 Å². The topological polar surface area (TPSA) is 106 Å². The fraction of sp³-hybridized carbons (Fsp3) is 0.133. The van der Waals surface area contributed by atoms with E-state index < -0.39 is 16.9 Å². The van der Waals surface area contributed by atoms with Gasteiger partial charge in [-0.2, -0.15) is 0 Å². The van der Waals surface area contributed by atoms with Crippen LogP contribution in [0.25, 0.3) is 0 Å². The Hall–Kier alpha value is -2.38. The van der Waals surface area contributed by atoms with Gasteiger partial charge in [0.15, 0.2) is 0 Å². The zero-order chi connectivity index (χ0) is 16.1. The molecule has 22 heavy (non-hydrogen) atoms. The number of nitro benzene ring substituents is 1. The molecule has 0 bridgehead atoms. The quantitative estimate of drug-likeness (QED) is 0.626. The summed E-state index contributed by atoms with van der Waals surface area (Å²) in [4.78, 5) is 22.9. The Morgan fingerprint density at radius 1 is 1.27 bits per heavy atom. The number of rotatable bonds is 6. The predicted molar refractivity (Wildman–Crippen MR) is 83.0 cm³/mol. The number of carbonyl (C=O) groups is 1. The molecule has 114 valence electrons. The van der Waals surface area contributed by atoms with Crippen molar-refractivity contribution in [3.63, 3.8) is 0 Å². The van der Waals surface area contributed by atoms with Gasteiger partial charge >= 0.3 is 5.97 Å². The third-order valence-corrected chi connectivity index (χ3v) is 4.04. The second kappa shape index (κ2) is 7.06. The first-order valence-electron chi connectivity index (χ1n) is 6.46. The Labute approximate surface area is 131 Å². The van der Waals surface area contributed by atoms with E-state index in [1.807, 2.05) is 30.3 Å². The lowest BCUT2D eigenvalue weighted by Crippen LogP contribution is -2.32. The predicted octanol–water partition coefficient (Wildman–Crippen LogP) is 2.70. The normalized spacial score (nSPS) is 11.9. The van der Waals surface area contributed by atoms with Gasteiger partial charge in [0.1, 0.15) is 6.04 Å². The molecule has 0 saturated heterocycles. The van der Waals surface area contributed by atoms with Crippen molar-refractivity contribution in [3.8, 4) is 0 Å². The van der Waals surface area contributed by atoms with Crippen LogP contribution in [0, 0.1) is 10.1 Å². The third kappa shape index (κ3) is 4.06. The van der Waals surface area contributed by atoms with E-state index in [1.54, 1.807) is 12.1 Å². The lowest BCUT2D eigenvalue weighted by molar-refractivity contribution is -0.387. The molecule has 2 aromatic carbocycles. The second-order valence-corrected chi connectivity index (χ2v) is 5.74. The number of carboxylic acids is 1. The van der Waals surface area contributed by atoms with Gasteiger partial charge in [0.25, 0.3) is 5.69 Å². The van der Waals surface area contributed by atoms with Crippen LogP contribution >= 0.6 is 11.8 Å². The van der Waals surface area contributed by atoms with E-state index in [-0.39, 0.29) is 12.1 Å². The summed E-state index contributed by atoms with van der Waals surface area (Å²) in [7, 11) is 0. The molecule has 1 atom stereocenters. The molecule has 0 aliphatic carbocycles. The molecular formula is C15H14N2O4S. The van der Waals surface area contributed by atoms with Gasteiger partial charge < -0.3 is 10.8 Å². The fourth-order valence-electron chi connectivity index (χ4n) is 1.88. The molecule has 3 N–H and O–H groups in total. The van der Waals surface area contributed by atoms with Crippen molar-refractivity contribution >= 4 is 23.4 Å². The van der Waals surface area contributed by atoms with E-state index in [0.29, 0.717) is 10.5 Å². The summed E-state index contributed by atoms with van der Waals surface area (Å²) in [6.07, 6.45) is 0.0481. The monoisotopic (exact) mass is 318 g/mol. The molecule has 1 unspecified atom stereocenters. The maximum atomic E-state index is 11.2. The number of nitrogens with two attached hydrogens (primary N) is 1. The fourth-order valence-corrected chi connectivity index (χ4v) is 2.80. The van der Waals surface area contributed by atoms with Gasteiger partial charge in [0.2, 0.25) is 0 Å². The van der Waals surface area contributed by atoms with E-state index in [2.05, 4.69) is 0 Å². The molecule has 0 aliphatic rings. The van der Waals surface area contributed by atoms with Gasteiger partial charge in [-0.3, -0.25) is 14.9 Å². The SMILES string of the molecule is NC(Cc1ccc(Sc2ccccc2)c([N+](=O)[O-])c1)C(=O)O. The van der Waals surface area contributed by atoms with Crippen LogP contribution in [0.2, 0.25) is 0 Å². The summed E-state index contributed by atoms with van der Waals surface area (Å²) in [6.45, 7) is 0. The minimum absolute atomic E-state index is 0.0481. The Morgan fingerprint density at radius 2 is 1.95 bits per heavy atom. The van der Waals surface area contributed by atoms with Crippen LogP contribution in [0.15, 0.2) is 58.3 Å². The summed E-state index contributed by atoms with van der Waals surface area (Å²) in [5, 5.41) is 20.0. The maximum Gasteiger partial charge on any atom is 0.320 e. The molecule has 0 amide bonds. The van der Waals surface area contributed by atoms with Crippen molar-refractivity contribution < 1.29 is 14.8 Å². The largest absolute Gasteiger partial charge is 0.480 e. The first-order chi connectivity index (χ1) is 10.5. The van der Waals surface area contributed by atoms with Crippen molar-refractivity contribution in [2.45, 2.75) is 22.3 Å². The lowest BCUT2D eigenvalue weighted by atomic mass is 10.1. The van der Waals surface area contributed by atoms with E-state index >= 15 is 0 Å². The van der Waals surface area contributed by atoms with Crippen LogP contribution in [-0.2, 0) is 11.2 Å². The van der Waals surface area contributed by atoms with Gasteiger partial charge in [0.05, 0.1) is 9.82 Å². The van der Waals surface area contributed by atoms with Crippen molar-refractivity contribution in [1.29, 1.82) is 0 Å². The highest BCUT2D eigenvalue weighted by atomic mass is 32.2. The van der Waals surface area contributed by atoms with Gasteiger partial charge in [-0.15, -0.1) is 0 Å². The highest BCUT2D eigenvalue weighted by Crippen LogP contribution is 2.35. The summed E-state index contributed by atoms with van der Waals surface area (Å²) >= 11 is 1.29. The molecule has 0 spiro atoms. The standard InChI is InChI=1S/C15H14N2O4S/c16-12(15(18)19)8-10-6-7-14(13(9-10)17(20)21)22-11-4-2-1-3-5-11/h1-7,9,12H,8,16H2,(H,18,19). The zero-order valence-corrected chi connectivity index (χ0v) is 12.3. The van der Waals surface area contributed by atoms with Crippen LogP contribution in [0.1, 0.15) is 5.56 Å². The molecule has 6 nitrogen and oxygen atoms in total. The van der Waals surface area contributed by atoms with Gasteiger partial charge in [-0.05, 0) is 30.2 Å². The van der Waals surface area contributed by atoms with Crippen molar-refractivity contribution in [3.05, 3.63) is 64.2 Å². The average Bonchev–Trinajstić information content (AvgIpc) is 2.49. The van der Waals surface area contributed by atoms with Crippen LogP contribution < -0.4 is 5.73 Å². The van der Waals surface area contributed by atoms with Crippen molar-refractivity contribution in [2.75, 3.05) is 0 Å². The molecule has 0 saturated carbocycles. The number of hydrogen-bond acceptors (Lipinski definition) is 5. The minimum Gasteiger partial charge on any atom is -0.480 e. The first kappa shape index (κ1) is 16.0. The molecule has 0 aromatic heterocycles. The highest BCUT2D eigenvalue weighted by molar-refractivity contribution is 7.99. The number of hydrogen-bond donors (Lipinski definition) is 2. The summed E-state index contributed by atoms with van der Waals surface area (Å²) in [5.41, 5.74) is 5.94. The Bertz CT molecular complexity index is 691. The van der Waals surface area contributed by atoms with Crippen LogP contribution in [0.4, 0.5) is 5.69 Å². The summed E-state index contributed by atoms with van der Waals surface area (Å²) in [6, 6.07) is 12.9.